The first-order valence-corrected chi connectivity index (χ1v) is 30.6. The molecule has 0 bridgehead atoms. The van der Waals surface area contributed by atoms with Crippen LogP contribution in [0.4, 0.5) is 0 Å². The van der Waals surface area contributed by atoms with Crippen LogP contribution in [0.5, 0.6) is 0 Å². The highest BCUT2D eigenvalue weighted by Gasteiger charge is 2.23. The summed E-state index contributed by atoms with van der Waals surface area (Å²) >= 11 is 0. The largest absolute Gasteiger partial charge is 0.756 e. The first-order valence-electron chi connectivity index (χ1n) is 29.2. The molecule has 0 saturated carbocycles. The van der Waals surface area contributed by atoms with Crippen LogP contribution >= 0.6 is 7.82 Å². The van der Waals surface area contributed by atoms with Gasteiger partial charge in [-0.1, -0.05) is 248 Å². The zero-order chi connectivity index (χ0) is 50.6. The van der Waals surface area contributed by atoms with Crippen molar-refractivity contribution >= 4 is 13.7 Å². The average molecular weight is 990 g/mol. The average Bonchev–Trinajstić information content (AvgIpc) is 3.31. The normalized spacial score (nSPS) is 14.4. The van der Waals surface area contributed by atoms with E-state index >= 15 is 0 Å². The molecule has 0 rings (SSSR count). The highest BCUT2D eigenvalue weighted by molar-refractivity contribution is 7.45. The van der Waals surface area contributed by atoms with Crippen LogP contribution in [0.15, 0.2) is 60.8 Å². The summed E-state index contributed by atoms with van der Waals surface area (Å²) in [5.74, 6) is -0.210. The van der Waals surface area contributed by atoms with Gasteiger partial charge in [0.2, 0.25) is 5.91 Å². The van der Waals surface area contributed by atoms with Crippen molar-refractivity contribution < 1.29 is 32.9 Å². The number of carbonyl (C=O) groups is 1. The van der Waals surface area contributed by atoms with Gasteiger partial charge in [0.1, 0.15) is 13.2 Å². The maximum absolute atomic E-state index is 12.9. The van der Waals surface area contributed by atoms with Gasteiger partial charge in [-0.15, -0.1) is 0 Å². The highest BCUT2D eigenvalue weighted by atomic mass is 31.2. The van der Waals surface area contributed by atoms with Gasteiger partial charge in [0.25, 0.3) is 7.82 Å². The molecule has 404 valence electrons. The van der Waals surface area contributed by atoms with Crippen LogP contribution in [-0.2, 0) is 18.4 Å². The Bertz CT molecular complexity index is 1310. The van der Waals surface area contributed by atoms with Gasteiger partial charge in [-0.3, -0.25) is 9.36 Å². The van der Waals surface area contributed by atoms with E-state index in [4.69, 9.17) is 9.05 Å². The van der Waals surface area contributed by atoms with Gasteiger partial charge < -0.3 is 28.8 Å². The third-order valence-electron chi connectivity index (χ3n) is 12.9. The number of unbranched alkanes of at least 4 members (excludes halogenated alkanes) is 32. The predicted molar refractivity (Wildman–Crippen MR) is 297 cm³/mol. The molecule has 9 heteroatoms. The van der Waals surface area contributed by atoms with E-state index in [1.807, 2.05) is 27.2 Å². The number of rotatable bonds is 53. The van der Waals surface area contributed by atoms with Gasteiger partial charge in [-0.05, 0) is 70.6 Å². The fraction of sp³-hybridized carbons (Fsp3) is 0.817. The van der Waals surface area contributed by atoms with Gasteiger partial charge in [0, 0.05) is 6.42 Å². The Labute approximate surface area is 428 Å². The molecule has 0 aromatic carbocycles. The lowest BCUT2D eigenvalue weighted by molar-refractivity contribution is -0.870. The molecule has 3 atom stereocenters. The van der Waals surface area contributed by atoms with E-state index < -0.39 is 26.6 Å². The lowest BCUT2D eigenvalue weighted by Gasteiger charge is -2.29. The maximum atomic E-state index is 12.9. The van der Waals surface area contributed by atoms with Crippen molar-refractivity contribution in [3.05, 3.63) is 60.8 Å². The van der Waals surface area contributed by atoms with Gasteiger partial charge in [0.15, 0.2) is 0 Å². The minimum absolute atomic E-state index is 0.00932. The van der Waals surface area contributed by atoms with E-state index in [9.17, 15) is 19.4 Å². The van der Waals surface area contributed by atoms with Crippen LogP contribution in [0.25, 0.3) is 0 Å². The number of nitrogens with one attached hydrogen (secondary N) is 1. The monoisotopic (exact) mass is 989 g/mol. The number of quaternary nitrogens is 1. The highest BCUT2D eigenvalue weighted by Crippen LogP contribution is 2.38. The fourth-order valence-electron chi connectivity index (χ4n) is 8.32. The second kappa shape index (κ2) is 51.1. The molecule has 69 heavy (non-hydrogen) atoms. The maximum Gasteiger partial charge on any atom is 0.268 e. The molecule has 2 N–H and O–H groups in total. The molecule has 0 saturated heterocycles. The van der Waals surface area contributed by atoms with Gasteiger partial charge in [-0.2, -0.15) is 0 Å². The minimum atomic E-state index is -4.60. The third kappa shape index (κ3) is 53.8. The van der Waals surface area contributed by atoms with Crippen molar-refractivity contribution in [3.8, 4) is 0 Å². The molecule has 0 radical (unpaired) electrons. The first kappa shape index (κ1) is 67.2. The van der Waals surface area contributed by atoms with Crippen LogP contribution in [0, 0.1) is 0 Å². The van der Waals surface area contributed by atoms with Crippen molar-refractivity contribution in [2.75, 3.05) is 40.9 Å². The van der Waals surface area contributed by atoms with Crippen LogP contribution in [-0.4, -0.2) is 68.5 Å². The number of phosphoric ester groups is 1. The molecule has 3 unspecified atom stereocenters. The van der Waals surface area contributed by atoms with Crippen LogP contribution < -0.4 is 10.2 Å². The summed E-state index contributed by atoms with van der Waals surface area (Å²) < 4.78 is 23.2. The van der Waals surface area contributed by atoms with Crippen LogP contribution in [0.1, 0.15) is 264 Å². The summed E-state index contributed by atoms with van der Waals surface area (Å²) in [6.45, 7) is 4.57. The topological polar surface area (TPSA) is 108 Å². The number of aliphatic hydroxyl groups excluding tert-OH is 1. The SMILES string of the molecule is CCCC/C=C/CC/C=C/CC/C=C/C(O)C(COP(=O)([O-])OCC[N+](C)(C)C)NC(=O)CCCCCCCCCCCCCCCCCCCCCCCCC/C=C\C/C=C\CCCCCCC. The molecule has 0 aliphatic carbocycles. The Kier molecular flexibility index (Phi) is 49.8. The van der Waals surface area contributed by atoms with E-state index in [0.717, 1.165) is 57.8 Å². The number of phosphoric acid groups is 1. The summed E-state index contributed by atoms with van der Waals surface area (Å²) in [7, 11) is 1.24. The Morgan fingerprint density at radius 1 is 0.507 bits per heavy atom. The molecule has 0 aromatic rings. The smallest absolute Gasteiger partial charge is 0.268 e. The first-order chi connectivity index (χ1) is 33.5. The number of nitrogens with zero attached hydrogens (tertiary/aromatic N) is 1. The van der Waals surface area contributed by atoms with Crippen molar-refractivity contribution in [3.63, 3.8) is 0 Å². The summed E-state index contributed by atoms with van der Waals surface area (Å²) in [5.41, 5.74) is 0. The molecular weight excluding hydrogens is 876 g/mol. The number of amides is 1. The molecule has 0 fully saturated rings. The molecule has 0 heterocycles. The molecule has 0 aromatic heterocycles. The predicted octanol–water partition coefficient (Wildman–Crippen LogP) is 17.1. The summed E-state index contributed by atoms with van der Waals surface area (Å²) in [5, 5.41) is 13.8. The Morgan fingerprint density at radius 2 is 0.870 bits per heavy atom. The molecule has 8 nitrogen and oxygen atoms in total. The molecular formula is C60H113N2O6P. The lowest BCUT2D eigenvalue weighted by Crippen LogP contribution is -2.45. The molecule has 0 spiro atoms. The number of likely N-dealkylation sites (N-methyl/N-ethyl adjacent to an activating group) is 1. The Morgan fingerprint density at radius 3 is 1.30 bits per heavy atom. The van der Waals surface area contributed by atoms with Gasteiger partial charge in [0.05, 0.1) is 39.9 Å². The van der Waals surface area contributed by atoms with E-state index in [0.29, 0.717) is 17.4 Å². The van der Waals surface area contributed by atoms with Crippen molar-refractivity contribution in [2.24, 2.45) is 0 Å². The minimum Gasteiger partial charge on any atom is -0.756 e. The molecule has 0 aliphatic heterocycles. The van der Waals surface area contributed by atoms with Crippen molar-refractivity contribution in [1.29, 1.82) is 0 Å². The zero-order valence-corrected chi connectivity index (χ0v) is 46.9. The van der Waals surface area contributed by atoms with Gasteiger partial charge in [-0.25, -0.2) is 0 Å². The zero-order valence-electron chi connectivity index (χ0n) is 46.0. The van der Waals surface area contributed by atoms with Crippen molar-refractivity contribution in [1.82, 2.24) is 5.32 Å². The number of carbonyl (C=O) groups excluding carboxylic acids is 1. The number of aliphatic hydroxyl groups is 1. The van der Waals surface area contributed by atoms with Crippen LogP contribution in [0.3, 0.4) is 0 Å². The fourth-order valence-corrected chi connectivity index (χ4v) is 9.04. The quantitative estimate of drug-likeness (QED) is 0.0272. The molecule has 1 amide bonds. The van der Waals surface area contributed by atoms with E-state index in [1.54, 1.807) is 6.08 Å². The Hall–Kier alpha value is -1.80. The van der Waals surface area contributed by atoms with Gasteiger partial charge >= 0.3 is 0 Å². The second-order valence-electron chi connectivity index (χ2n) is 21.0. The standard InChI is InChI=1S/C60H113N2O6P/c1-6-8-10-12-14-16-18-20-21-22-23-24-25-26-27-28-29-30-31-32-33-34-35-36-37-38-39-40-41-42-44-46-48-50-52-54-60(64)61-58(57-68-69(65,66)67-56-55-62(3,4)5)59(63)53-51-49-47-45-43-19-17-15-13-11-9-7-2/h13,15,18,20,22-23,43,45,51,53,58-59,63H,6-12,14,16-17,19,21,24-42,44,46-50,52,54-57H2,1-5H3,(H-,61,64,65,66)/b15-13+,20-18-,23-22-,45-43+,53-51+. The lowest BCUT2D eigenvalue weighted by atomic mass is 10.0. The Balaban J connectivity index is 3.96. The third-order valence-corrected chi connectivity index (χ3v) is 13.9. The molecule has 0 aliphatic rings. The number of allylic oxidation sites excluding steroid dienone is 9. The second-order valence-corrected chi connectivity index (χ2v) is 22.4. The van der Waals surface area contributed by atoms with Crippen molar-refractivity contribution in [2.45, 2.75) is 276 Å². The van der Waals surface area contributed by atoms with E-state index in [2.05, 4.69) is 67.8 Å². The van der Waals surface area contributed by atoms with Crippen LogP contribution in [0.2, 0.25) is 0 Å². The summed E-state index contributed by atoms with van der Waals surface area (Å²) in [6, 6.07) is -0.909. The van der Waals surface area contributed by atoms with E-state index in [1.165, 1.54) is 186 Å². The van der Waals surface area contributed by atoms with E-state index in [-0.39, 0.29) is 12.5 Å². The number of hydrogen-bond donors (Lipinski definition) is 2. The summed E-state index contributed by atoms with van der Waals surface area (Å²) in [4.78, 5) is 25.4. The number of hydrogen-bond acceptors (Lipinski definition) is 6. The summed E-state index contributed by atoms with van der Waals surface area (Å²) in [6.07, 6.45) is 69.0.